The fraction of sp³-hybridized carbons (Fsp3) is 0.368. The number of aryl methyl sites for hydroxylation is 2. The molecular weight excluding hydrogens is 460 g/mol. The maximum Gasteiger partial charge on any atom is 0.279 e. The summed E-state index contributed by atoms with van der Waals surface area (Å²) in [4.78, 5) is 27.4. The number of hydrogen-bond acceptors (Lipinski definition) is 7. The van der Waals surface area contributed by atoms with Crippen LogP contribution in [-0.2, 0) is 24.2 Å². The van der Waals surface area contributed by atoms with Crippen LogP contribution in [0.5, 0.6) is 11.5 Å². The van der Waals surface area contributed by atoms with Crippen LogP contribution in [-0.4, -0.2) is 34.1 Å². The lowest BCUT2D eigenvalue weighted by Gasteiger charge is -2.20. The van der Waals surface area contributed by atoms with Crippen molar-refractivity contribution in [2.45, 2.75) is 32.2 Å². The van der Waals surface area contributed by atoms with Crippen LogP contribution < -0.4 is 20.3 Å². The highest BCUT2D eigenvalue weighted by Gasteiger charge is 2.22. The monoisotopic (exact) mass is 476 g/mol. The van der Waals surface area contributed by atoms with Crippen LogP contribution in [0.1, 0.15) is 23.3 Å². The Hall–Kier alpha value is -2.46. The molecule has 0 saturated carbocycles. The van der Waals surface area contributed by atoms with Gasteiger partial charge in [0.05, 0.1) is 11.1 Å². The van der Waals surface area contributed by atoms with E-state index in [4.69, 9.17) is 9.47 Å². The molecule has 2 aromatic heterocycles. The number of ether oxygens (including phenoxy) is 2. The fourth-order valence-electron chi connectivity index (χ4n) is 3.70. The van der Waals surface area contributed by atoms with Gasteiger partial charge in [0.2, 0.25) is 5.91 Å². The molecule has 0 fully saturated rings. The van der Waals surface area contributed by atoms with Crippen molar-refractivity contribution in [1.82, 2.24) is 15.0 Å². The summed E-state index contributed by atoms with van der Waals surface area (Å²) >= 11 is 4.97. The van der Waals surface area contributed by atoms with E-state index in [2.05, 4.69) is 31.6 Å². The molecule has 29 heavy (non-hydrogen) atoms. The molecule has 0 radical (unpaired) electrons. The Bertz CT molecular complexity index is 1190. The van der Waals surface area contributed by atoms with Gasteiger partial charge in [0.25, 0.3) is 5.56 Å². The van der Waals surface area contributed by atoms with Crippen molar-refractivity contribution in [3.8, 4) is 11.5 Å². The van der Waals surface area contributed by atoms with Gasteiger partial charge in [-0.15, -0.1) is 16.4 Å². The number of rotatable bonds is 3. The van der Waals surface area contributed by atoms with Gasteiger partial charge < -0.3 is 14.8 Å². The molecule has 0 atom stereocenters. The quantitative estimate of drug-likeness (QED) is 0.624. The summed E-state index contributed by atoms with van der Waals surface area (Å²) in [6.07, 6.45) is 4.06. The Morgan fingerprint density at radius 1 is 1.21 bits per heavy atom. The van der Waals surface area contributed by atoms with E-state index in [9.17, 15) is 9.59 Å². The topological polar surface area (TPSA) is 95.3 Å². The minimum absolute atomic E-state index is 0.215. The second-order valence-corrected chi connectivity index (χ2v) is 8.91. The second kappa shape index (κ2) is 7.42. The van der Waals surface area contributed by atoms with E-state index in [1.807, 2.05) is 0 Å². The van der Waals surface area contributed by atoms with Crippen molar-refractivity contribution in [3.63, 3.8) is 0 Å². The first-order valence-electron chi connectivity index (χ1n) is 9.37. The number of fused-ring (bicyclic) bond motifs is 4. The normalized spacial score (nSPS) is 15.2. The minimum Gasteiger partial charge on any atom is -0.486 e. The SMILES string of the molecule is O=C(Cn1nnc2sc3c(c2c1=O)CCCC3)Nc1cc2c(cc1Br)OCCO2. The van der Waals surface area contributed by atoms with Crippen molar-refractivity contribution in [3.05, 3.63) is 37.4 Å². The Kier molecular flexibility index (Phi) is 4.75. The van der Waals surface area contributed by atoms with Crippen LogP contribution in [0.3, 0.4) is 0 Å². The van der Waals surface area contributed by atoms with Crippen LogP contribution in [0.25, 0.3) is 10.2 Å². The summed E-state index contributed by atoms with van der Waals surface area (Å²) in [5, 5.41) is 11.6. The van der Waals surface area contributed by atoms with E-state index < -0.39 is 0 Å². The molecular formula is C19H17BrN4O4S. The Labute approximate surface area is 177 Å². The van der Waals surface area contributed by atoms with Crippen molar-refractivity contribution in [1.29, 1.82) is 0 Å². The van der Waals surface area contributed by atoms with Crippen LogP contribution in [0.15, 0.2) is 21.4 Å². The molecule has 0 unspecified atom stereocenters. The van der Waals surface area contributed by atoms with Gasteiger partial charge in [-0.3, -0.25) is 9.59 Å². The third kappa shape index (κ3) is 3.40. The lowest BCUT2D eigenvalue weighted by Crippen LogP contribution is -2.30. The summed E-state index contributed by atoms with van der Waals surface area (Å²) in [5.41, 5.74) is 1.36. The molecule has 5 rings (SSSR count). The zero-order valence-electron chi connectivity index (χ0n) is 15.4. The average Bonchev–Trinajstić information content (AvgIpc) is 3.10. The van der Waals surface area contributed by atoms with E-state index in [0.717, 1.165) is 35.9 Å². The highest BCUT2D eigenvalue weighted by molar-refractivity contribution is 9.10. The van der Waals surface area contributed by atoms with Gasteiger partial charge in [0, 0.05) is 21.5 Å². The number of thiophene rings is 1. The highest BCUT2D eigenvalue weighted by Crippen LogP contribution is 2.38. The van der Waals surface area contributed by atoms with Gasteiger partial charge in [-0.25, -0.2) is 4.68 Å². The first kappa shape index (κ1) is 18.6. The molecule has 1 amide bonds. The number of carbonyl (C=O) groups excluding carboxylic acids is 1. The first-order chi connectivity index (χ1) is 14.1. The molecule has 0 saturated heterocycles. The number of halogens is 1. The van der Waals surface area contributed by atoms with Gasteiger partial charge in [-0.05, 0) is 47.2 Å². The molecule has 0 bridgehead atoms. The Balaban J connectivity index is 1.40. The Morgan fingerprint density at radius 3 is 2.79 bits per heavy atom. The van der Waals surface area contributed by atoms with E-state index in [0.29, 0.717) is 45.1 Å². The lowest BCUT2D eigenvalue weighted by molar-refractivity contribution is -0.117. The number of benzene rings is 1. The lowest BCUT2D eigenvalue weighted by atomic mass is 9.97. The van der Waals surface area contributed by atoms with Crippen LogP contribution in [0.4, 0.5) is 5.69 Å². The largest absolute Gasteiger partial charge is 0.486 e. The summed E-state index contributed by atoms with van der Waals surface area (Å²) in [6, 6.07) is 3.45. The molecule has 1 aromatic carbocycles. The standard InChI is InChI=1S/C19H17BrN4O4S/c20-11-7-13-14(28-6-5-27-13)8-12(11)21-16(25)9-24-19(26)17-10-3-1-2-4-15(10)29-18(17)22-23-24/h7-8H,1-6,9H2,(H,21,25). The van der Waals surface area contributed by atoms with Gasteiger partial charge in [0.1, 0.15) is 19.8 Å². The molecule has 150 valence electrons. The minimum atomic E-state index is -0.373. The molecule has 1 N–H and O–H groups in total. The van der Waals surface area contributed by atoms with E-state index in [-0.39, 0.29) is 18.0 Å². The molecule has 3 heterocycles. The summed E-state index contributed by atoms with van der Waals surface area (Å²) in [6.45, 7) is 0.729. The smallest absolute Gasteiger partial charge is 0.279 e. The number of amides is 1. The number of aromatic nitrogens is 3. The molecule has 3 aromatic rings. The molecule has 1 aliphatic carbocycles. The summed E-state index contributed by atoms with van der Waals surface area (Å²) in [7, 11) is 0. The Morgan fingerprint density at radius 2 is 1.97 bits per heavy atom. The van der Waals surface area contributed by atoms with Gasteiger partial charge in [-0.2, -0.15) is 0 Å². The highest BCUT2D eigenvalue weighted by atomic mass is 79.9. The molecule has 0 spiro atoms. The molecule has 10 heteroatoms. The van der Waals surface area contributed by atoms with Gasteiger partial charge in [0.15, 0.2) is 16.3 Å². The second-order valence-electron chi connectivity index (χ2n) is 6.97. The zero-order valence-corrected chi connectivity index (χ0v) is 17.8. The molecule has 8 nitrogen and oxygen atoms in total. The predicted molar refractivity (Wildman–Crippen MR) is 112 cm³/mol. The van der Waals surface area contributed by atoms with E-state index in [1.54, 1.807) is 12.1 Å². The van der Waals surface area contributed by atoms with E-state index >= 15 is 0 Å². The third-order valence-electron chi connectivity index (χ3n) is 5.04. The molecule has 2 aliphatic rings. The first-order valence-corrected chi connectivity index (χ1v) is 11.0. The summed E-state index contributed by atoms with van der Waals surface area (Å²) < 4.78 is 12.9. The van der Waals surface area contributed by atoms with Gasteiger partial charge in [-0.1, -0.05) is 5.21 Å². The number of nitrogens with zero attached hydrogens (tertiary/aromatic N) is 3. The van der Waals surface area contributed by atoms with Crippen molar-refractivity contribution in [2.24, 2.45) is 0 Å². The summed E-state index contributed by atoms with van der Waals surface area (Å²) in [5.74, 6) is 0.816. The number of carbonyl (C=O) groups is 1. The van der Waals surface area contributed by atoms with Crippen LogP contribution >= 0.6 is 27.3 Å². The predicted octanol–water partition coefficient (Wildman–Crippen LogP) is 2.90. The van der Waals surface area contributed by atoms with E-state index in [1.165, 1.54) is 16.2 Å². The maximum atomic E-state index is 12.9. The van der Waals surface area contributed by atoms with Gasteiger partial charge >= 0.3 is 0 Å². The number of anilines is 1. The van der Waals surface area contributed by atoms with Crippen molar-refractivity contribution < 1.29 is 14.3 Å². The van der Waals surface area contributed by atoms with Crippen molar-refractivity contribution in [2.75, 3.05) is 18.5 Å². The number of nitrogens with one attached hydrogen (secondary N) is 1. The van der Waals surface area contributed by atoms with Crippen LogP contribution in [0.2, 0.25) is 0 Å². The van der Waals surface area contributed by atoms with Crippen molar-refractivity contribution >= 4 is 49.1 Å². The fourth-order valence-corrected chi connectivity index (χ4v) is 5.31. The zero-order chi connectivity index (χ0) is 20.0. The van der Waals surface area contributed by atoms with Crippen LogP contribution in [0, 0.1) is 0 Å². The third-order valence-corrected chi connectivity index (χ3v) is 6.88. The molecule has 1 aliphatic heterocycles. The maximum absolute atomic E-state index is 12.9. The average molecular weight is 477 g/mol. The number of hydrogen-bond donors (Lipinski definition) is 1.